The van der Waals surface area contributed by atoms with Gasteiger partial charge in [-0.2, -0.15) is 5.10 Å². The lowest BCUT2D eigenvalue weighted by molar-refractivity contribution is 0.0653. The molecule has 6 heteroatoms. The van der Waals surface area contributed by atoms with Crippen LogP contribution in [0.1, 0.15) is 18.7 Å². The van der Waals surface area contributed by atoms with Crippen LogP contribution in [0.5, 0.6) is 0 Å². The lowest BCUT2D eigenvalue weighted by atomic mass is 10.5. The fourth-order valence-corrected chi connectivity index (χ4v) is 1.45. The number of hydrogen-bond acceptors (Lipinski definition) is 5. The van der Waals surface area contributed by atoms with Gasteiger partial charge < -0.3 is 14.8 Å². The number of aromatic nitrogens is 3. The van der Waals surface area contributed by atoms with Crippen molar-refractivity contribution in [2.75, 3.05) is 26.9 Å². The van der Waals surface area contributed by atoms with Gasteiger partial charge in [0.2, 0.25) is 0 Å². The molecule has 1 fully saturated rings. The molecule has 1 aromatic rings. The molecule has 1 saturated carbocycles. The highest BCUT2D eigenvalue weighted by atomic mass is 16.5. The predicted molar refractivity (Wildman–Crippen MR) is 62.6 cm³/mol. The Labute approximate surface area is 101 Å². The van der Waals surface area contributed by atoms with Gasteiger partial charge >= 0.3 is 0 Å². The smallest absolute Gasteiger partial charge is 0.164 e. The summed E-state index contributed by atoms with van der Waals surface area (Å²) in [5, 5.41) is 7.74. The van der Waals surface area contributed by atoms with Crippen LogP contribution in [0.15, 0.2) is 6.33 Å². The molecule has 0 saturated heterocycles. The van der Waals surface area contributed by atoms with Gasteiger partial charge in [0.05, 0.1) is 32.9 Å². The van der Waals surface area contributed by atoms with E-state index in [4.69, 9.17) is 9.47 Å². The Morgan fingerprint density at radius 3 is 3.06 bits per heavy atom. The highest BCUT2D eigenvalue weighted by Crippen LogP contribution is 2.18. The van der Waals surface area contributed by atoms with E-state index in [1.807, 2.05) is 4.68 Å². The fraction of sp³-hybridized carbons (Fsp3) is 0.818. The summed E-state index contributed by atoms with van der Waals surface area (Å²) in [6.45, 7) is 3.40. The third kappa shape index (κ3) is 4.80. The SMILES string of the molecule is COCCOCCn1cnc(CNC2CC2)n1. The minimum Gasteiger partial charge on any atom is -0.382 e. The molecule has 0 aromatic carbocycles. The average molecular weight is 240 g/mol. The third-order valence-corrected chi connectivity index (χ3v) is 2.61. The lowest BCUT2D eigenvalue weighted by Gasteiger charge is -2.03. The number of methoxy groups -OCH3 is 1. The monoisotopic (exact) mass is 240 g/mol. The number of rotatable bonds is 9. The van der Waals surface area contributed by atoms with Crippen LogP contribution in [0.3, 0.4) is 0 Å². The summed E-state index contributed by atoms with van der Waals surface area (Å²) in [5.41, 5.74) is 0. The van der Waals surface area contributed by atoms with Crippen LogP contribution < -0.4 is 5.32 Å². The van der Waals surface area contributed by atoms with E-state index >= 15 is 0 Å². The molecule has 0 unspecified atom stereocenters. The van der Waals surface area contributed by atoms with Crippen molar-refractivity contribution in [1.82, 2.24) is 20.1 Å². The van der Waals surface area contributed by atoms with Crippen molar-refractivity contribution in [3.05, 3.63) is 12.2 Å². The predicted octanol–water partition coefficient (Wildman–Crippen LogP) is 0.193. The van der Waals surface area contributed by atoms with Crippen LogP contribution in [-0.2, 0) is 22.6 Å². The normalized spacial score (nSPS) is 15.4. The van der Waals surface area contributed by atoms with E-state index in [1.54, 1.807) is 13.4 Å². The van der Waals surface area contributed by atoms with E-state index in [2.05, 4.69) is 15.4 Å². The van der Waals surface area contributed by atoms with Crippen LogP contribution in [0, 0.1) is 0 Å². The molecule has 0 aliphatic heterocycles. The van der Waals surface area contributed by atoms with Crippen molar-refractivity contribution in [2.24, 2.45) is 0 Å². The van der Waals surface area contributed by atoms with Gasteiger partial charge in [-0.25, -0.2) is 4.98 Å². The topological polar surface area (TPSA) is 61.2 Å². The molecule has 96 valence electrons. The van der Waals surface area contributed by atoms with Crippen LogP contribution in [0.25, 0.3) is 0 Å². The summed E-state index contributed by atoms with van der Waals surface area (Å²) in [6, 6.07) is 0.694. The van der Waals surface area contributed by atoms with Crippen LogP contribution in [-0.4, -0.2) is 47.7 Å². The molecule has 0 bridgehead atoms. The van der Waals surface area contributed by atoms with Crippen molar-refractivity contribution in [2.45, 2.75) is 32.0 Å². The van der Waals surface area contributed by atoms with E-state index < -0.39 is 0 Å². The molecule has 1 aromatic heterocycles. The van der Waals surface area contributed by atoms with Gasteiger partial charge in [0.1, 0.15) is 6.33 Å². The van der Waals surface area contributed by atoms with Gasteiger partial charge in [-0.3, -0.25) is 4.68 Å². The molecule has 1 aliphatic carbocycles. The van der Waals surface area contributed by atoms with Gasteiger partial charge in [0.15, 0.2) is 5.82 Å². The number of nitrogens with zero attached hydrogens (tertiary/aromatic N) is 3. The Morgan fingerprint density at radius 2 is 2.29 bits per heavy atom. The largest absolute Gasteiger partial charge is 0.382 e. The number of nitrogens with one attached hydrogen (secondary N) is 1. The van der Waals surface area contributed by atoms with Gasteiger partial charge in [0, 0.05) is 13.2 Å². The average Bonchev–Trinajstić information content (AvgIpc) is 3.06. The van der Waals surface area contributed by atoms with Gasteiger partial charge in [-0.15, -0.1) is 0 Å². The highest BCUT2D eigenvalue weighted by Gasteiger charge is 2.20. The standard InChI is InChI=1S/C11H20N4O2/c1-16-6-7-17-5-4-15-9-13-11(14-15)8-12-10-2-3-10/h9-10,12H,2-8H2,1H3. The summed E-state index contributed by atoms with van der Waals surface area (Å²) >= 11 is 0. The molecule has 1 N–H and O–H groups in total. The number of hydrogen-bond donors (Lipinski definition) is 1. The van der Waals surface area contributed by atoms with Crippen LogP contribution in [0.2, 0.25) is 0 Å². The fourth-order valence-electron chi connectivity index (χ4n) is 1.45. The summed E-state index contributed by atoms with van der Waals surface area (Å²) in [4.78, 5) is 4.24. The summed E-state index contributed by atoms with van der Waals surface area (Å²) in [7, 11) is 1.67. The zero-order chi connectivity index (χ0) is 11.9. The van der Waals surface area contributed by atoms with E-state index in [9.17, 15) is 0 Å². The third-order valence-electron chi connectivity index (χ3n) is 2.61. The maximum atomic E-state index is 5.37. The molecule has 1 heterocycles. The van der Waals surface area contributed by atoms with Gasteiger partial charge in [-0.1, -0.05) is 0 Å². The van der Waals surface area contributed by atoms with Crippen molar-refractivity contribution in [1.29, 1.82) is 0 Å². The second kappa shape index (κ2) is 6.68. The summed E-state index contributed by atoms with van der Waals surface area (Å²) in [5.74, 6) is 0.855. The molecular formula is C11H20N4O2. The molecule has 0 amide bonds. The van der Waals surface area contributed by atoms with Crippen molar-refractivity contribution < 1.29 is 9.47 Å². The Hall–Kier alpha value is -0.980. The Bertz CT molecular complexity index is 325. The zero-order valence-electron chi connectivity index (χ0n) is 10.3. The first-order valence-corrected chi connectivity index (χ1v) is 6.07. The van der Waals surface area contributed by atoms with Crippen molar-refractivity contribution in [3.8, 4) is 0 Å². The van der Waals surface area contributed by atoms with E-state index in [0.29, 0.717) is 25.9 Å². The zero-order valence-corrected chi connectivity index (χ0v) is 10.3. The molecule has 17 heavy (non-hydrogen) atoms. The summed E-state index contributed by atoms with van der Waals surface area (Å²) in [6.07, 6.45) is 4.33. The van der Waals surface area contributed by atoms with Crippen molar-refractivity contribution >= 4 is 0 Å². The minimum atomic E-state index is 0.626. The Balaban J connectivity index is 1.59. The maximum absolute atomic E-state index is 5.37. The van der Waals surface area contributed by atoms with Gasteiger partial charge in [0.25, 0.3) is 0 Å². The first kappa shape index (κ1) is 12.5. The van der Waals surface area contributed by atoms with Gasteiger partial charge in [-0.05, 0) is 12.8 Å². The second-order valence-electron chi connectivity index (χ2n) is 4.18. The van der Waals surface area contributed by atoms with Crippen LogP contribution in [0.4, 0.5) is 0 Å². The molecule has 0 spiro atoms. The second-order valence-corrected chi connectivity index (χ2v) is 4.18. The molecule has 1 aliphatic rings. The molecule has 6 nitrogen and oxygen atoms in total. The Morgan fingerprint density at radius 1 is 1.41 bits per heavy atom. The minimum absolute atomic E-state index is 0.626. The first-order valence-electron chi connectivity index (χ1n) is 6.07. The molecular weight excluding hydrogens is 220 g/mol. The molecule has 0 radical (unpaired) electrons. The van der Waals surface area contributed by atoms with E-state index in [0.717, 1.165) is 18.9 Å². The lowest BCUT2D eigenvalue weighted by Crippen LogP contribution is -2.16. The molecule has 2 rings (SSSR count). The highest BCUT2D eigenvalue weighted by molar-refractivity contribution is 4.86. The maximum Gasteiger partial charge on any atom is 0.164 e. The number of ether oxygens (including phenoxy) is 2. The van der Waals surface area contributed by atoms with Crippen molar-refractivity contribution in [3.63, 3.8) is 0 Å². The summed E-state index contributed by atoms with van der Waals surface area (Å²) < 4.78 is 12.1. The molecule has 0 atom stereocenters. The van der Waals surface area contributed by atoms with E-state index in [-0.39, 0.29) is 0 Å². The quantitative estimate of drug-likeness (QED) is 0.624. The Kier molecular flexibility index (Phi) is 4.90. The van der Waals surface area contributed by atoms with E-state index in [1.165, 1.54) is 12.8 Å². The van der Waals surface area contributed by atoms with Crippen LogP contribution >= 0.6 is 0 Å². The first-order chi connectivity index (χ1) is 8.38.